The van der Waals surface area contributed by atoms with Crippen molar-refractivity contribution in [3.05, 3.63) is 29.3 Å². The Morgan fingerprint density at radius 3 is 2.83 bits per heavy atom. The number of halogens is 1. The van der Waals surface area contributed by atoms with Crippen LogP contribution in [0.15, 0.2) is 23.2 Å². The summed E-state index contributed by atoms with van der Waals surface area (Å²) >= 11 is 0. The molecule has 1 aliphatic heterocycles. The highest BCUT2D eigenvalue weighted by atomic mass is 127. The Morgan fingerprint density at radius 2 is 2.22 bits per heavy atom. The Kier molecular flexibility index (Phi) is 8.68. The van der Waals surface area contributed by atoms with Crippen LogP contribution in [-0.4, -0.2) is 51.3 Å². The number of hydrogen-bond acceptors (Lipinski definition) is 3. The van der Waals surface area contributed by atoms with Crippen molar-refractivity contribution < 1.29 is 9.47 Å². The van der Waals surface area contributed by atoms with Crippen LogP contribution in [0, 0.1) is 6.92 Å². The van der Waals surface area contributed by atoms with Crippen molar-refractivity contribution in [1.29, 1.82) is 0 Å². The van der Waals surface area contributed by atoms with Gasteiger partial charge in [0.15, 0.2) is 5.96 Å². The Labute approximate surface area is 156 Å². The lowest BCUT2D eigenvalue weighted by Gasteiger charge is -2.19. The maximum absolute atomic E-state index is 6.01. The number of hydrogen-bond donors (Lipinski definition) is 1. The second-order valence-corrected chi connectivity index (χ2v) is 5.85. The van der Waals surface area contributed by atoms with Gasteiger partial charge in [0.2, 0.25) is 0 Å². The Bertz CT molecular complexity index is 515. The first-order valence-corrected chi connectivity index (χ1v) is 7.82. The fourth-order valence-electron chi connectivity index (χ4n) is 2.51. The zero-order valence-electron chi connectivity index (χ0n) is 14.5. The van der Waals surface area contributed by atoms with Crippen molar-refractivity contribution >= 4 is 29.9 Å². The van der Waals surface area contributed by atoms with Gasteiger partial charge in [0.05, 0.1) is 6.10 Å². The quantitative estimate of drug-likeness (QED) is 0.441. The number of nitrogens with zero attached hydrogens (tertiary/aromatic N) is 2. The Hall–Kier alpha value is -1.02. The van der Waals surface area contributed by atoms with E-state index >= 15 is 0 Å². The molecular weight excluding hydrogens is 405 g/mol. The number of aryl methyl sites for hydroxylation is 1. The fourth-order valence-corrected chi connectivity index (χ4v) is 2.51. The van der Waals surface area contributed by atoms with E-state index in [1.54, 1.807) is 7.05 Å². The molecule has 1 heterocycles. The smallest absolute Gasteiger partial charge is 0.193 e. The molecule has 1 aliphatic rings. The SMILES string of the molecule is CN=C(NCc1ccc(C)cc1OCC1CCCO1)N(C)C.I. The van der Waals surface area contributed by atoms with Crippen LogP contribution in [0.2, 0.25) is 0 Å². The number of aliphatic imine (C=N–C) groups is 1. The summed E-state index contributed by atoms with van der Waals surface area (Å²) < 4.78 is 11.6. The van der Waals surface area contributed by atoms with Gasteiger partial charge in [-0.3, -0.25) is 4.99 Å². The van der Waals surface area contributed by atoms with Gasteiger partial charge >= 0.3 is 0 Å². The minimum atomic E-state index is 0. The summed E-state index contributed by atoms with van der Waals surface area (Å²) in [5.41, 5.74) is 2.33. The first kappa shape index (κ1) is 20.0. The molecular formula is C17H28IN3O2. The first-order valence-electron chi connectivity index (χ1n) is 7.82. The summed E-state index contributed by atoms with van der Waals surface area (Å²) in [6.45, 7) is 4.25. The van der Waals surface area contributed by atoms with Crippen molar-refractivity contribution in [3.8, 4) is 5.75 Å². The lowest BCUT2D eigenvalue weighted by Crippen LogP contribution is -2.35. The summed E-state index contributed by atoms with van der Waals surface area (Å²) in [5, 5.41) is 3.34. The average Bonchev–Trinajstić information content (AvgIpc) is 3.00. The minimum absolute atomic E-state index is 0. The Balaban J connectivity index is 0.00000264. The highest BCUT2D eigenvalue weighted by Crippen LogP contribution is 2.22. The lowest BCUT2D eigenvalue weighted by atomic mass is 10.1. The van der Waals surface area contributed by atoms with Crippen LogP contribution in [0.25, 0.3) is 0 Å². The van der Waals surface area contributed by atoms with E-state index < -0.39 is 0 Å². The second kappa shape index (κ2) is 9.97. The van der Waals surface area contributed by atoms with Crippen LogP contribution >= 0.6 is 24.0 Å². The standard InChI is InChI=1S/C17H27N3O2.HI/c1-13-7-8-14(11-19-17(18-2)20(3)4)16(10-13)22-12-15-6-5-9-21-15;/h7-8,10,15H,5-6,9,11-12H2,1-4H3,(H,18,19);1H. The van der Waals surface area contributed by atoms with Gasteiger partial charge in [-0.1, -0.05) is 12.1 Å². The summed E-state index contributed by atoms with van der Waals surface area (Å²) in [7, 11) is 5.73. The number of nitrogens with one attached hydrogen (secondary N) is 1. The van der Waals surface area contributed by atoms with Crippen molar-refractivity contribution in [2.75, 3.05) is 34.4 Å². The van der Waals surface area contributed by atoms with Gasteiger partial charge in [-0.05, 0) is 31.4 Å². The van der Waals surface area contributed by atoms with Crippen LogP contribution in [0.3, 0.4) is 0 Å². The molecule has 0 bridgehead atoms. The molecule has 0 saturated carbocycles. The normalized spacial score (nSPS) is 17.6. The molecule has 1 N–H and O–H groups in total. The molecule has 1 fully saturated rings. The topological polar surface area (TPSA) is 46.1 Å². The molecule has 1 aromatic carbocycles. The molecule has 2 rings (SSSR count). The van der Waals surface area contributed by atoms with Gasteiger partial charge in [-0.25, -0.2) is 0 Å². The van der Waals surface area contributed by atoms with Gasteiger partial charge in [-0.2, -0.15) is 0 Å². The van der Waals surface area contributed by atoms with E-state index in [0.29, 0.717) is 13.2 Å². The molecule has 0 aromatic heterocycles. The molecule has 0 radical (unpaired) electrons. The molecule has 0 spiro atoms. The zero-order chi connectivity index (χ0) is 15.9. The third kappa shape index (κ3) is 6.18. The summed E-state index contributed by atoms with van der Waals surface area (Å²) in [4.78, 5) is 6.19. The number of benzene rings is 1. The van der Waals surface area contributed by atoms with Crippen LogP contribution in [0.1, 0.15) is 24.0 Å². The third-order valence-electron chi connectivity index (χ3n) is 3.74. The number of ether oxygens (including phenoxy) is 2. The number of guanidine groups is 1. The van der Waals surface area contributed by atoms with E-state index in [-0.39, 0.29) is 30.1 Å². The molecule has 6 heteroatoms. The lowest BCUT2D eigenvalue weighted by molar-refractivity contribution is 0.0676. The van der Waals surface area contributed by atoms with E-state index in [2.05, 4.69) is 35.4 Å². The van der Waals surface area contributed by atoms with Gasteiger partial charge in [0.25, 0.3) is 0 Å². The summed E-state index contributed by atoms with van der Waals surface area (Å²) in [5.74, 6) is 1.78. The fraction of sp³-hybridized carbons (Fsp3) is 0.588. The maximum Gasteiger partial charge on any atom is 0.193 e. The van der Waals surface area contributed by atoms with Crippen molar-refractivity contribution in [2.24, 2.45) is 4.99 Å². The zero-order valence-corrected chi connectivity index (χ0v) is 16.8. The van der Waals surface area contributed by atoms with Gasteiger partial charge in [0, 0.05) is 39.9 Å². The predicted molar refractivity (Wildman–Crippen MR) is 105 cm³/mol. The minimum Gasteiger partial charge on any atom is -0.491 e. The largest absolute Gasteiger partial charge is 0.491 e. The van der Waals surface area contributed by atoms with Crippen molar-refractivity contribution in [2.45, 2.75) is 32.4 Å². The van der Waals surface area contributed by atoms with E-state index in [1.165, 1.54) is 5.56 Å². The van der Waals surface area contributed by atoms with E-state index in [1.807, 2.05) is 19.0 Å². The van der Waals surface area contributed by atoms with E-state index in [9.17, 15) is 0 Å². The molecule has 23 heavy (non-hydrogen) atoms. The third-order valence-corrected chi connectivity index (χ3v) is 3.74. The van der Waals surface area contributed by atoms with Gasteiger partial charge < -0.3 is 19.7 Å². The van der Waals surface area contributed by atoms with Crippen LogP contribution in [0.4, 0.5) is 0 Å². The first-order chi connectivity index (χ1) is 10.6. The molecule has 1 saturated heterocycles. The predicted octanol–water partition coefficient (Wildman–Crippen LogP) is 2.81. The van der Waals surface area contributed by atoms with Crippen LogP contribution < -0.4 is 10.1 Å². The van der Waals surface area contributed by atoms with Crippen molar-refractivity contribution in [1.82, 2.24) is 10.2 Å². The maximum atomic E-state index is 6.01. The average molecular weight is 433 g/mol. The molecule has 0 aliphatic carbocycles. The van der Waals surface area contributed by atoms with Crippen LogP contribution in [0.5, 0.6) is 5.75 Å². The van der Waals surface area contributed by atoms with Crippen LogP contribution in [-0.2, 0) is 11.3 Å². The molecule has 1 unspecified atom stereocenters. The second-order valence-electron chi connectivity index (χ2n) is 5.85. The Morgan fingerprint density at radius 1 is 1.43 bits per heavy atom. The molecule has 5 nitrogen and oxygen atoms in total. The molecule has 1 aromatic rings. The molecule has 0 amide bonds. The molecule has 1 atom stereocenters. The summed E-state index contributed by atoms with van der Waals surface area (Å²) in [6, 6.07) is 6.30. The van der Waals surface area contributed by atoms with E-state index in [4.69, 9.17) is 9.47 Å². The molecule has 130 valence electrons. The van der Waals surface area contributed by atoms with Gasteiger partial charge in [-0.15, -0.1) is 24.0 Å². The van der Waals surface area contributed by atoms with Crippen molar-refractivity contribution in [3.63, 3.8) is 0 Å². The van der Waals surface area contributed by atoms with Gasteiger partial charge in [0.1, 0.15) is 12.4 Å². The highest BCUT2D eigenvalue weighted by molar-refractivity contribution is 14.0. The number of rotatable bonds is 5. The monoisotopic (exact) mass is 433 g/mol. The summed E-state index contributed by atoms with van der Waals surface area (Å²) in [6.07, 6.45) is 2.46. The highest BCUT2D eigenvalue weighted by Gasteiger charge is 2.17. The van der Waals surface area contributed by atoms with E-state index in [0.717, 1.165) is 36.7 Å².